The number of thioether (sulfide) groups is 1. The van der Waals surface area contributed by atoms with Crippen LogP contribution in [0.2, 0.25) is 0 Å². The Kier molecular flexibility index (Phi) is 7.84. The third-order valence-corrected chi connectivity index (χ3v) is 8.49. The molecule has 3 aromatic rings. The Hall–Kier alpha value is -4.20. The van der Waals surface area contributed by atoms with Crippen molar-refractivity contribution < 1.29 is 41.4 Å². The van der Waals surface area contributed by atoms with E-state index in [9.17, 15) is 27.6 Å². The van der Waals surface area contributed by atoms with E-state index in [1.165, 1.54) is 39.8 Å². The van der Waals surface area contributed by atoms with Gasteiger partial charge in [0.05, 0.1) is 13.2 Å². The van der Waals surface area contributed by atoms with Crippen molar-refractivity contribution in [1.29, 1.82) is 0 Å². The molecule has 2 aromatic carbocycles. The number of nitrogens with zero attached hydrogens (tertiary/aromatic N) is 3. The summed E-state index contributed by atoms with van der Waals surface area (Å²) in [4.78, 5) is 39.4. The molecule has 3 heterocycles. The number of amides is 1. The minimum absolute atomic E-state index is 0.266. The number of hydrogen-bond acceptors (Lipinski definition) is 8. The van der Waals surface area contributed by atoms with Crippen LogP contribution in [0.15, 0.2) is 58.4 Å². The van der Waals surface area contributed by atoms with Crippen LogP contribution in [0.1, 0.15) is 45.7 Å². The van der Waals surface area contributed by atoms with Gasteiger partial charge in [-0.3, -0.25) is 19.3 Å². The maximum atomic E-state index is 15.2. The van der Waals surface area contributed by atoms with Crippen LogP contribution in [-0.4, -0.2) is 54.4 Å². The zero-order valence-corrected chi connectivity index (χ0v) is 23.4. The number of ether oxygens (including phenoxy) is 3. The molecule has 42 heavy (non-hydrogen) atoms. The summed E-state index contributed by atoms with van der Waals surface area (Å²) in [7, 11) is 1.05. The summed E-state index contributed by atoms with van der Waals surface area (Å²) >= 11 is 1.40. The quantitative estimate of drug-likeness (QED) is 0.225. The molecule has 2 aliphatic rings. The van der Waals surface area contributed by atoms with E-state index < -0.39 is 66.5 Å². The molecule has 0 N–H and O–H groups in total. The van der Waals surface area contributed by atoms with Gasteiger partial charge in [-0.05, 0) is 36.6 Å². The third kappa shape index (κ3) is 5.14. The van der Waals surface area contributed by atoms with Crippen LogP contribution >= 0.6 is 11.8 Å². The van der Waals surface area contributed by atoms with Gasteiger partial charge in [0.15, 0.2) is 5.69 Å². The summed E-state index contributed by atoms with van der Waals surface area (Å²) in [5, 5.41) is 1.47. The molecule has 9 nitrogen and oxygen atoms in total. The molecule has 14 heteroatoms. The molecular weight excluding hydrogens is 582 g/mol. The van der Waals surface area contributed by atoms with E-state index in [1.54, 1.807) is 18.2 Å². The summed E-state index contributed by atoms with van der Waals surface area (Å²) in [6.07, 6.45) is -4.70. The number of alkyl halides is 3. The van der Waals surface area contributed by atoms with Gasteiger partial charge in [0, 0.05) is 28.5 Å². The van der Waals surface area contributed by atoms with Crippen molar-refractivity contribution in [2.24, 2.45) is 0 Å². The van der Waals surface area contributed by atoms with Gasteiger partial charge in [0.25, 0.3) is 5.91 Å². The van der Waals surface area contributed by atoms with Gasteiger partial charge in [-0.25, -0.2) is 9.18 Å². The lowest BCUT2D eigenvalue weighted by molar-refractivity contribution is -0.173. The minimum Gasteiger partial charge on any atom is -0.451 e. The van der Waals surface area contributed by atoms with Gasteiger partial charge in [-0.15, -0.1) is 11.8 Å². The molecule has 222 valence electrons. The van der Waals surface area contributed by atoms with Gasteiger partial charge < -0.3 is 19.1 Å². The molecule has 0 aliphatic carbocycles. The highest BCUT2D eigenvalue weighted by Gasteiger charge is 2.48. The van der Waals surface area contributed by atoms with Gasteiger partial charge in [0.1, 0.15) is 18.5 Å². The number of hydrogen-bond donors (Lipinski definition) is 0. The average Bonchev–Trinajstić information content (AvgIpc) is 3.12. The molecule has 0 radical (unpaired) electrons. The van der Waals surface area contributed by atoms with E-state index in [4.69, 9.17) is 4.74 Å². The predicted molar refractivity (Wildman–Crippen MR) is 143 cm³/mol. The van der Waals surface area contributed by atoms with Crippen molar-refractivity contribution >= 4 is 23.8 Å². The van der Waals surface area contributed by atoms with Crippen LogP contribution < -0.4 is 15.2 Å². The van der Waals surface area contributed by atoms with E-state index in [1.807, 2.05) is 13.0 Å². The summed E-state index contributed by atoms with van der Waals surface area (Å²) in [5.74, 6) is -1.97. The number of methoxy groups -OCH3 is 1. The molecule has 2 atom stereocenters. The standard InChI is InChI=1S/C28H25F4N3O6S/c1-15-6-4-8-18-22(17-7-5-9-20(29)19(17)12-42-25(15)18)35-13-33(16(2)28(30,31)32)26(37)23-24(21(36)10-11-34(23)35)40-14-41-27(38)39-3/h4-11,16,22H,12-14H2,1-3H3/t16-,22+/m1/s1. The number of rotatable bonds is 5. The smallest absolute Gasteiger partial charge is 0.451 e. The lowest BCUT2D eigenvalue weighted by Crippen LogP contribution is -2.60. The fourth-order valence-electron chi connectivity index (χ4n) is 5.06. The zero-order chi connectivity index (χ0) is 30.3. The fraction of sp³-hybridized carbons (Fsp3) is 0.321. The van der Waals surface area contributed by atoms with Gasteiger partial charge in [0.2, 0.25) is 18.0 Å². The molecule has 0 fully saturated rings. The SMILES string of the molecule is COC(=O)OCOc1c2n(ccc1=O)N([C@H]1c3cccc(F)c3CSc3c(C)cccc31)CN([C@H](C)C(F)(F)F)C2=O. The largest absolute Gasteiger partial charge is 0.510 e. The van der Waals surface area contributed by atoms with E-state index >= 15 is 4.39 Å². The lowest BCUT2D eigenvalue weighted by Gasteiger charge is -2.46. The molecule has 1 amide bonds. The summed E-state index contributed by atoms with van der Waals surface area (Å²) in [6, 6.07) is 7.94. The Bertz CT molecular complexity index is 1560. The van der Waals surface area contributed by atoms with Crippen molar-refractivity contribution in [2.75, 3.05) is 25.6 Å². The molecule has 0 spiro atoms. The molecule has 1 aromatic heterocycles. The van der Waals surface area contributed by atoms with E-state index in [0.717, 1.165) is 30.6 Å². The highest BCUT2D eigenvalue weighted by molar-refractivity contribution is 7.98. The molecular formula is C28H25F4N3O6S. The number of pyridine rings is 1. The first kappa shape index (κ1) is 29.3. The topological polar surface area (TPSA) is 90.3 Å². The average molecular weight is 608 g/mol. The Balaban J connectivity index is 1.75. The first-order valence-electron chi connectivity index (χ1n) is 12.7. The molecule has 0 unspecified atom stereocenters. The fourth-order valence-corrected chi connectivity index (χ4v) is 6.30. The van der Waals surface area contributed by atoms with Crippen LogP contribution in [0.25, 0.3) is 0 Å². The van der Waals surface area contributed by atoms with Crippen molar-refractivity contribution in [3.63, 3.8) is 0 Å². The first-order valence-corrected chi connectivity index (χ1v) is 13.7. The number of aryl methyl sites for hydroxylation is 1. The molecule has 0 saturated carbocycles. The Morgan fingerprint density at radius 2 is 1.83 bits per heavy atom. The number of fused-ring (bicyclic) bond motifs is 3. The second-order valence-corrected chi connectivity index (χ2v) is 10.6. The highest BCUT2D eigenvalue weighted by atomic mass is 32.2. The Morgan fingerprint density at radius 3 is 2.55 bits per heavy atom. The number of aromatic nitrogens is 1. The van der Waals surface area contributed by atoms with Crippen LogP contribution in [0.5, 0.6) is 5.75 Å². The normalized spacial score (nSPS) is 17.0. The second-order valence-electron chi connectivity index (χ2n) is 9.63. The molecule has 2 aliphatic heterocycles. The Labute approximate surface area is 241 Å². The maximum Gasteiger partial charge on any atom is 0.510 e. The minimum atomic E-state index is -4.81. The van der Waals surface area contributed by atoms with E-state index in [-0.39, 0.29) is 5.75 Å². The maximum absolute atomic E-state index is 15.2. The number of carbonyl (C=O) groups excluding carboxylic acids is 2. The third-order valence-electron chi connectivity index (χ3n) is 7.21. The summed E-state index contributed by atoms with van der Waals surface area (Å²) < 4.78 is 73.1. The lowest BCUT2D eigenvalue weighted by atomic mass is 9.93. The Morgan fingerprint density at radius 1 is 1.12 bits per heavy atom. The van der Waals surface area contributed by atoms with Crippen molar-refractivity contribution in [2.45, 2.75) is 42.8 Å². The van der Waals surface area contributed by atoms with Gasteiger partial charge >= 0.3 is 12.3 Å². The first-order chi connectivity index (χ1) is 19.9. The van der Waals surface area contributed by atoms with Crippen LogP contribution in [-0.2, 0) is 15.2 Å². The van der Waals surface area contributed by atoms with Crippen LogP contribution in [0, 0.1) is 12.7 Å². The molecule has 0 saturated heterocycles. The zero-order valence-electron chi connectivity index (χ0n) is 22.6. The van der Waals surface area contributed by atoms with Crippen LogP contribution in [0.4, 0.5) is 22.4 Å². The van der Waals surface area contributed by atoms with Crippen molar-refractivity contribution in [3.8, 4) is 5.75 Å². The van der Waals surface area contributed by atoms with Gasteiger partial charge in [-0.2, -0.15) is 13.2 Å². The van der Waals surface area contributed by atoms with Crippen molar-refractivity contribution in [3.05, 3.63) is 92.6 Å². The summed E-state index contributed by atoms with van der Waals surface area (Å²) in [5.41, 5.74) is 1.07. The van der Waals surface area contributed by atoms with E-state index in [2.05, 4.69) is 9.47 Å². The van der Waals surface area contributed by atoms with E-state index in [0.29, 0.717) is 21.6 Å². The number of benzene rings is 2. The van der Waals surface area contributed by atoms with Crippen LogP contribution in [0.3, 0.4) is 0 Å². The highest BCUT2D eigenvalue weighted by Crippen LogP contribution is 2.45. The number of carbonyl (C=O) groups is 2. The second kappa shape index (κ2) is 11.2. The summed E-state index contributed by atoms with van der Waals surface area (Å²) in [6.45, 7) is 1.30. The number of halogens is 4. The molecule has 0 bridgehead atoms. The predicted octanol–water partition coefficient (Wildman–Crippen LogP) is 5.11. The van der Waals surface area contributed by atoms with Gasteiger partial charge in [-0.1, -0.05) is 30.3 Å². The van der Waals surface area contributed by atoms with Crippen molar-refractivity contribution in [1.82, 2.24) is 9.58 Å². The monoisotopic (exact) mass is 607 g/mol. The molecule has 5 rings (SSSR count).